The van der Waals surface area contributed by atoms with Crippen molar-refractivity contribution in [3.8, 4) is 0 Å². The van der Waals surface area contributed by atoms with Crippen molar-refractivity contribution in [2.45, 2.75) is 26.6 Å². The molecule has 0 spiro atoms. The molecule has 0 amide bonds. The summed E-state index contributed by atoms with van der Waals surface area (Å²) in [6.07, 6.45) is -2.29. The van der Waals surface area contributed by atoms with Crippen LogP contribution < -0.4 is 0 Å². The Labute approximate surface area is 172 Å². The van der Waals surface area contributed by atoms with Gasteiger partial charge in [-0.25, -0.2) is 4.79 Å². The van der Waals surface area contributed by atoms with Crippen LogP contribution in [0.1, 0.15) is 34.9 Å². The zero-order chi connectivity index (χ0) is 22.3. The third-order valence-corrected chi connectivity index (χ3v) is 4.22. The number of hydrogen-bond acceptors (Lipinski definition) is 6. The number of aromatic nitrogens is 1. The fourth-order valence-corrected chi connectivity index (χ4v) is 2.76. The first-order chi connectivity index (χ1) is 14.2. The van der Waals surface area contributed by atoms with E-state index in [0.717, 1.165) is 11.8 Å². The van der Waals surface area contributed by atoms with Crippen molar-refractivity contribution in [3.63, 3.8) is 0 Å². The average molecular weight is 422 g/mol. The van der Waals surface area contributed by atoms with Gasteiger partial charge < -0.3 is 14.3 Å². The smallest absolute Gasteiger partial charge is 0.434 e. The number of carbonyl (C=O) groups excluding carboxylic acids is 1. The van der Waals surface area contributed by atoms with Gasteiger partial charge in [0.05, 0.1) is 26.2 Å². The summed E-state index contributed by atoms with van der Waals surface area (Å²) in [5, 5.41) is 3.83. The van der Waals surface area contributed by atoms with E-state index in [1.54, 1.807) is 12.1 Å². The number of methoxy groups -OCH3 is 2. The van der Waals surface area contributed by atoms with Crippen LogP contribution in [0.25, 0.3) is 5.57 Å². The highest BCUT2D eigenvalue weighted by molar-refractivity contribution is 6.16. The van der Waals surface area contributed by atoms with Gasteiger partial charge in [-0.2, -0.15) is 13.2 Å². The number of oxime groups is 1. The van der Waals surface area contributed by atoms with E-state index in [0.29, 0.717) is 11.1 Å². The number of nitrogens with zero attached hydrogens (tertiary/aromatic N) is 2. The molecule has 30 heavy (non-hydrogen) atoms. The van der Waals surface area contributed by atoms with Crippen LogP contribution in [-0.2, 0) is 31.9 Å². The molecule has 0 aliphatic carbocycles. The Morgan fingerprint density at radius 3 is 2.50 bits per heavy atom. The molecule has 0 aliphatic rings. The van der Waals surface area contributed by atoms with Crippen LogP contribution in [0.2, 0.25) is 0 Å². The normalized spacial score (nSPS) is 12.5. The highest BCUT2D eigenvalue weighted by atomic mass is 19.4. The van der Waals surface area contributed by atoms with Crippen LogP contribution in [0.5, 0.6) is 0 Å². The predicted molar refractivity (Wildman–Crippen MR) is 104 cm³/mol. The van der Waals surface area contributed by atoms with Crippen LogP contribution in [0.15, 0.2) is 47.9 Å². The molecular formula is C21H21F3N2O4. The van der Waals surface area contributed by atoms with Gasteiger partial charge in [0.2, 0.25) is 0 Å². The summed E-state index contributed by atoms with van der Waals surface area (Å²) in [5.74, 6) is -0.603. The number of aryl methyl sites for hydroxylation is 1. The monoisotopic (exact) mass is 422 g/mol. The number of pyridine rings is 1. The van der Waals surface area contributed by atoms with E-state index in [1.807, 2.05) is 13.0 Å². The average Bonchev–Trinajstić information content (AvgIpc) is 2.72. The van der Waals surface area contributed by atoms with E-state index >= 15 is 0 Å². The predicted octanol–water partition coefficient (Wildman–Crippen LogP) is 4.51. The van der Waals surface area contributed by atoms with Gasteiger partial charge in [0, 0.05) is 17.3 Å². The van der Waals surface area contributed by atoms with Gasteiger partial charge >= 0.3 is 12.1 Å². The molecule has 0 saturated carbocycles. The molecule has 2 aromatic rings. The molecule has 0 bridgehead atoms. The first-order valence-electron chi connectivity index (χ1n) is 8.80. The summed E-state index contributed by atoms with van der Waals surface area (Å²) in [6, 6.07) is 7.91. The number of halogens is 3. The standard InChI is InChI=1S/C21H21F3N2O4/c1-13-7-5-8-16(18(11-28-3)20(27)29-4)17(13)12-30-26-14(2)15-9-6-10-25-19(15)21(22,23)24/h5-11H,12H2,1-4H3/b18-11+,26-14+. The van der Waals surface area contributed by atoms with Crippen molar-refractivity contribution in [2.24, 2.45) is 5.16 Å². The Kier molecular flexibility index (Phi) is 7.57. The third-order valence-electron chi connectivity index (χ3n) is 4.22. The van der Waals surface area contributed by atoms with Crippen molar-refractivity contribution in [2.75, 3.05) is 14.2 Å². The third kappa shape index (κ3) is 5.37. The summed E-state index contributed by atoms with van der Waals surface area (Å²) >= 11 is 0. The molecule has 6 nitrogen and oxygen atoms in total. The van der Waals surface area contributed by atoms with E-state index in [1.165, 1.54) is 39.5 Å². The molecular weight excluding hydrogens is 401 g/mol. The molecule has 0 aliphatic heterocycles. The maximum absolute atomic E-state index is 13.2. The van der Waals surface area contributed by atoms with Crippen molar-refractivity contribution >= 4 is 17.3 Å². The Morgan fingerprint density at radius 1 is 1.17 bits per heavy atom. The molecule has 0 atom stereocenters. The molecule has 0 radical (unpaired) electrons. The summed E-state index contributed by atoms with van der Waals surface area (Å²) in [5.41, 5.74) is 0.898. The second-order valence-electron chi connectivity index (χ2n) is 6.21. The van der Waals surface area contributed by atoms with E-state index < -0.39 is 17.8 Å². The number of rotatable bonds is 7. The molecule has 2 rings (SSSR count). The first-order valence-corrected chi connectivity index (χ1v) is 8.80. The zero-order valence-corrected chi connectivity index (χ0v) is 16.9. The molecule has 1 aromatic heterocycles. The second kappa shape index (κ2) is 9.91. The lowest BCUT2D eigenvalue weighted by Crippen LogP contribution is -2.14. The van der Waals surface area contributed by atoms with Crippen LogP contribution in [0.3, 0.4) is 0 Å². The topological polar surface area (TPSA) is 70.0 Å². The van der Waals surface area contributed by atoms with Gasteiger partial charge in [-0.3, -0.25) is 4.98 Å². The number of carbonyl (C=O) groups is 1. The SMILES string of the molecule is CO/C=C(/C(=O)OC)c1cccc(C)c1CO/N=C(\C)c1cccnc1C(F)(F)F. The summed E-state index contributed by atoms with van der Waals surface area (Å²) in [7, 11) is 2.65. The summed E-state index contributed by atoms with van der Waals surface area (Å²) in [6.45, 7) is 3.12. The fraction of sp³-hybridized carbons (Fsp3) is 0.286. The maximum Gasteiger partial charge on any atom is 0.434 e. The number of benzene rings is 1. The molecule has 0 saturated heterocycles. The van der Waals surface area contributed by atoms with Gasteiger partial charge in [0.1, 0.15) is 12.2 Å². The molecule has 1 aromatic carbocycles. The minimum Gasteiger partial charge on any atom is -0.503 e. The Hall–Kier alpha value is -3.36. The second-order valence-corrected chi connectivity index (χ2v) is 6.21. The largest absolute Gasteiger partial charge is 0.503 e. The van der Waals surface area contributed by atoms with Crippen molar-refractivity contribution in [1.82, 2.24) is 4.98 Å². The Morgan fingerprint density at radius 2 is 1.87 bits per heavy atom. The van der Waals surface area contributed by atoms with Crippen LogP contribution in [-0.4, -0.2) is 30.9 Å². The van der Waals surface area contributed by atoms with Gasteiger partial charge in [-0.1, -0.05) is 23.4 Å². The molecule has 0 fully saturated rings. The first kappa shape index (κ1) is 22.9. The fourth-order valence-electron chi connectivity index (χ4n) is 2.76. The molecule has 0 unspecified atom stereocenters. The highest BCUT2D eigenvalue weighted by Gasteiger charge is 2.35. The molecule has 160 valence electrons. The van der Waals surface area contributed by atoms with Gasteiger partial charge in [-0.05, 0) is 37.1 Å². The van der Waals surface area contributed by atoms with Gasteiger partial charge in [0.15, 0.2) is 5.69 Å². The van der Waals surface area contributed by atoms with Gasteiger partial charge in [0.25, 0.3) is 0 Å². The zero-order valence-electron chi connectivity index (χ0n) is 16.9. The maximum atomic E-state index is 13.2. The summed E-state index contributed by atoms with van der Waals surface area (Å²) in [4.78, 5) is 20.9. The highest BCUT2D eigenvalue weighted by Crippen LogP contribution is 2.30. The number of alkyl halides is 3. The minimum atomic E-state index is -4.61. The lowest BCUT2D eigenvalue weighted by molar-refractivity contribution is -0.141. The van der Waals surface area contributed by atoms with E-state index in [4.69, 9.17) is 14.3 Å². The van der Waals surface area contributed by atoms with Crippen molar-refractivity contribution in [3.05, 3.63) is 70.7 Å². The molecule has 0 N–H and O–H groups in total. The lowest BCUT2D eigenvalue weighted by Gasteiger charge is -2.14. The van der Waals surface area contributed by atoms with Crippen LogP contribution >= 0.6 is 0 Å². The van der Waals surface area contributed by atoms with E-state index in [-0.39, 0.29) is 23.5 Å². The number of esters is 1. The number of ether oxygens (including phenoxy) is 2. The Balaban J connectivity index is 2.33. The van der Waals surface area contributed by atoms with Crippen molar-refractivity contribution < 1.29 is 32.3 Å². The van der Waals surface area contributed by atoms with Crippen LogP contribution in [0, 0.1) is 6.92 Å². The van der Waals surface area contributed by atoms with Gasteiger partial charge in [-0.15, -0.1) is 0 Å². The van der Waals surface area contributed by atoms with Crippen molar-refractivity contribution in [1.29, 1.82) is 0 Å². The van der Waals surface area contributed by atoms with Crippen LogP contribution in [0.4, 0.5) is 13.2 Å². The molecule has 1 heterocycles. The lowest BCUT2D eigenvalue weighted by atomic mass is 9.97. The van der Waals surface area contributed by atoms with E-state index in [9.17, 15) is 18.0 Å². The molecule has 9 heteroatoms. The van der Waals surface area contributed by atoms with E-state index in [2.05, 4.69) is 10.1 Å². The summed E-state index contributed by atoms with van der Waals surface area (Å²) < 4.78 is 49.2. The minimum absolute atomic E-state index is 0.0196. The Bertz CT molecular complexity index is 969. The number of hydrogen-bond donors (Lipinski definition) is 0. The quantitative estimate of drug-likeness (QED) is 0.216.